The van der Waals surface area contributed by atoms with E-state index in [1.165, 1.54) is 0 Å². The fourth-order valence-corrected chi connectivity index (χ4v) is 1.30. The SMILES string of the molecule is CCOC(=O)CCN(C)c1cccc(C#N)n1. The maximum Gasteiger partial charge on any atom is 0.307 e. The highest BCUT2D eigenvalue weighted by molar-refractivity contribution is 5.70. The van der Waals surface area contributed by atoms with Crippen LogP contribution < -0.4 is 4.90 Å². The first kappa shape index (κ1) is 13.0. The van der Waals surface area contributed by atoms with Crippen molar-refractivity contribution in [1.29, 1.82) is 5.26 Å². The Kier molecular flexibility index (Phi) is 4.95. The van der Waals surface area contributed by atoms with Crippen molar-refractivity contribution in [3.63, 3.8) is 0 Å². The van der Waals surface area contributed by atoms with Gasteiger partial charge in [-0.15, -0.1) is 0 Å². The molecule has 0 radical (unpaired) electrons. The van der Waals surface area contributed by atoms with Gasteiger partial charge in [-0.2, -0.15) is 5.26 Å². The predicted molar refractivity (Wildman–Crippen MR) is 63.5 cm³/mol. The molecule has 5 heteroatoms. The Bertz CT molecular complexity index is 426. The van der Waals surface area contributed by atoms with Crippen molar-refractivity contribution in [1.82, 2.24) is 4.98 Å². The van der Waals surface area contributed by atoms with Crippen LogP contribution in [0.15, 0.2) is 18.2 Å². The smallest absolute Gasteiger partial charge is 0.307 e. The Morgan fingerprint density at radius 3 is 3.00 bits per heavy atom. The number of carbonyl (C=O) groups is 1. The molecule has 1 heterocycles. The highest BCUT2D eigenvalue weighted by Gasteiger charge is 2.07. The van der Waals surface area contributed by atoms with Gasteiger partial charge in [-0.25, -0.2) is 4.98 Å². The average Bonchev–Trinajstić information content (AvgIpc) is 2.36. The molecule has 0 amide bonds. The molecular formula is C12H15N3O2. The Balaban J connectivity index is 2.55. The van der Waals surface area contributed by atoms with Crippen molar-refractivity contribution in [2.75, 3.05) is 25.1 Å². The number of nitrogens with zero attached hydrogens (tertiary/aromatic N) is 3. The van der Waals surface area contributed by atoms with Gasteiger partial charge in [-0.3, -0.25) is 4.79 Å². The molecule has 0 saturated carbocycles. The van der Waals surface area contributed by atoms with Crippen molar-refractivity contribution in [2.24, 2.45) is 0 Å². The fourth-order valence-electron chi connectivity index (χ4n) is 1.30. The van der Waals surface area contributed by atoms with Crippen LogP contribution in [-0.4, -0.2) is 31.2 Å². The lowest BCUT2D eigenvalue weighted by Crippen LogP contribution is -2.23. The summed E-state index contributed by atoms with van der Waals surface area (Å²) in [6.07, 6.45) is 0.308. The lowest BCUT2D eigenvalue weighted by Gasteiger charge is -2.17. The van der Waals surface area contributed by atoms with Crippen LogP contribution in [0.4, 0.5) is 5.82 Å². The number of esters is 1. The van der Waals surface area contributed by atoms with Gasteiger partial charge in [0, 0.05) is 13.6 Å². The molecule has 5 nitrogen and oxygen atoms in total. The molecule has 0 atom stereocenters. The second-order valence-electron chi connectivity index (χ2n) is 3.47. The molecule has 0 aliphatic heterocycles. The second-order valence-corrected chi connectivity index (χ2v) is 3.47. The molecule has 0 N–H and O–H groups in total. The molecule has 0 aliphatic rings. The van der Waals surface area contributed by atoms with Gasteiger partial charge in [-0.05, 0) is 19.1 Å². The van der Waals surface area contributed by atoms with E-state index in [9.17, 15) is 4.79 Å². The van der Waals surface area contributed by atoms with E-state index in [4.69, 9.17) is 10.00 Å². The molecule has 1 aromatic heterocycles. The van der Waals surface area contributed by atoms with Crippen LogP contribution in [0.1, 0.15) is 19.0 Å². The van der Waals surface area contributed by atoms with Crippen molar-refractivity contribution >= 4 is 11.8 Å². The van der Waals surface area contributed by atoms with Gasteiger partial charge < -0.3 is 9.64 Å². The summed E-state index contributed by atoms with van der Waals surface area (Å²) in [6, 6.07) is 7.18. The van der Waals surface area contributed by atoms with E-state index in [0.29, 0.717) is 31.1 Å². The van der Waals surface area contributed by atoms with Gasteiger partial charge in [0.2, 0.25) is 0 Å². The molecule has 0 aromatic carbocycles. The zero-order chi connectivity index (χ0) is 12.7. The highest BCUT2D eigenvalue weighted by atomic mass is 16.5. The first-order valence-electron chi connectivity index (χ1n) is 5.41. The standard InChI is InChI=1S/C12H15N3O2/c1-3-17-12(16)7-8-15(2)11-6-4-5-10(9-13)14-11/h4-6H,3,7-8H2,1-2H3. The van der Waals surface area contributed by atoms with E-state index in [-0.39, 0.29) is 5.97 Å². The maximum absolute atomic E-state index is 11.2. The molecule has 0 saturated heterocycles. The normalized spacial score (nSPS) is 9.47. The van der Waals surface area contributed by atoms with Crippen LogP contribution in [0.5, 0.6) is 0 Å². The van der Waals surface area contributed by atoms with E-state index in [2.05, 4.69) is 4.98 Å². The fraction of sp³-hybridized carbons (Fsp3) is 0.417. The molecule has 1 rings (SSSR count). The van der Waals surface area contributed by atoms with E-state index >= 15 is 0 Å². The number of rotatable bonds is 5. The Labute approximate surface area is 101 Å². The van der Waals surface area contributed by atoms with Crippen molar-refractivity contribution < 1.29 is 9.53 Å². The lowest BCUT2D eigenvalue weighted by atomic mass is 10.3. The second kappa shape index (κ2) is 6.48. The van der Waals surface area contributed by atoms with Gasteiger partial charge in [0.15, 0.2) is 0 Å². The molecule has 1 aromatic rings. The minimum absolute atomic E-state index is 0.226. The highest BCUT2D eigenvalue weighted by Crippen LogP contribution is 2.09. The maximum atomic E-state index is 11.2. The number of ether oxygens (including phenoxy) is 1. The third kappa shape index (κ3) is 4.11. The quantitative estimate of drug-likeness (QED) is 0.718. The largest absolute Gasteiger partial charge is 0.466 e. The van der Waals surface area contributed by atoms with Crippen LogP contribution in [-0.2, 0) is 9.53 Å². The van der Waals surface area contributed by atoms with E-state index < -0.39 is 0 Å². The number of aromatic nitrogens is 1. The van der Waals surface area contributed by atoms with Gasteiger partial charge in [0.25, 0.3) is 0 Å². The number of hydrogen-bond donors (Lipinski definition) is 0. The summed E-state index contributed by atoms with van der Waals surface area (Å²) in [5, 5.41) is 8.73. The summed E-state index contributed by atoms with van der Waals surface area (Å²) in [4.78, 5) is 17.1. The van der Waals surface area contributed by atoms with Crippen LogP contribution in [0.3, 0.4) is 0 Å². The van der Waals surface area contributed by atoms with E-state index in [1.54, 1.807) is 25.1 Å². The summed E-state index contributed by atoms with van der Waals surface area (Å²) in [6.45, 7) is 2.69. The first-order chi connectivity index (χ1) is 8.17. The summed E-state index contributed by atoms with van der Waals surface area (Å²) < 4.78 is 4.83. The molecule has 0 unspecified atom stereocenters. The van der Waals surface area contributed by atoms with Crippen LogP contribution >= 0.6 is 0 Å². The van der Waals surface area contributed by atoms with Crippen molar-refractivity contribution in [3.8, 4) is 6.07 Å². The van der Waals surface area contributed by atoms with E-state index in [1.807, 2.05) is 18.0 Å². The molecule has 17 heavy (non-hydrogen) atoms. The molecule has 0 bridgehead atoms. The molecule has 0 fully saturated rings. The minimum Gasteiger partial charge on any atom is -0.466 e. The summed E-state index contributed by atoms with van der Waals surface area (Å²) >= 11 is 0. The lowest BCUT2D eigenvalue weighted by molar-refractivity contribution is -0.142. The summed E-state index contributed by atoms with van der Waals surface area (Å²) in [7, 11) is 1.82. The molecule has 0 spiro atoms. The number of anilines is 1. The zero-order valence-electron chi connectivity index (χ0n) is 10.0. The summed E-state index contributed by atoms with van der Waals surface area (Å²) in [5.74, 6) is 0.448. The molecular weight excluding hydrogens is 218 g/mol. The predicted octanol–water partition coefficient (Wildman–Crippen LogP) is 1.34. The van der Waals surface area contributed by atoms with Crippen molar-refractivity contribution in [3.05, 3.63) is 23.9 Å². The van der Waals surface area contributed by atoms with E-state index in [0.717, 1.165) is 0 Å². The number of nitriles is 1. The zero-order valence-corrected chi connectivity index (χ0v) is 10.0. The number of hydrogen-bond acceptors (Lipinski definition) is 5. The Hall–Kier alpha value is -2.09. The van der Waals surface area contributed by atoms with Gasteiger partial charge in [0.05, 0.1) is 13.0 Å². The minimum atomic E-state index is -0.226. The number of pyridine rings is 1. The number of carbonyl (C=O) groups excluding carboxylic acids is 1. The van der Waals surface area contributed by atoms with Gasteiger partial charge in [0.1, 0.15) is 17.6 Å². The third-order valence-corrected chi connectivity index (χ3v) is 2.20. The molecule has 90 valence electrons. The average molecular weight is 233 g/mol. The van der Waals surface area contributed by atoms with Gasteiger partial charge >= 0.3 is 5.97 Å². The van der Waals surface area contributed by atoms with Crippen LogP contribution in [0, 0.1) is 11.3 Å². The van der Waals surface area contributed by atoms with Crippen LogP contribution in [0.25, 0.3) is 0 Å². The molecule has 0 aliphatic carbocycles. The monoisotopic (exact) mass is 233 g/mol. The Morgan fingerprint density at radius 1 is 1.59 bits per heavy atom. The van der Waals surface area contributed by atoms with Crippen LogP contribution in [0.2, 0.25) is 0 Å². The van der Waals surface area contributed by atoms with Crippen molar-refractivity contribution in [2.45, 2.75) is 13.3 Å². The third-order valence-electron chi connectivity index (χ3n) is 2.20. The van der Waals surface area contributed by atoms with Gasteiger partial charge in [-0.1, -0.05) is 6.07 Å². The summed E-state index contributed by atoms with van der Waals surface area (Å²) in [5.41, 5.74) is 0.366. The topological polar surface area (TPSA) is 66.2 Å². The first-order valence-corrected chi connectivity index (χ1v) is 5.41. The Morgan fingerprint density at radius 2 is 2.35 bits per heavy atom.